The van der Waals surface area contributed by atoms with Gasteiger partial charge in [0.2, 0.25) is 0 Å². The third kappa shape index (κ3) is 3.40. The van der Waals surface area contributed by atoms with Crippen molar-refractivity contribution in [2.24, 2.45) is 11.3 Å². The van der Waals surface area contributed by atoms with Crippen LogP contribution in [0.25, 0.3) is 0 Å². The van der Waals surface area contributed by atoms with E-state index in [0.29, 0.717) is 6.92 Å². The number of hydrogen-bond acceptors (Lipinski definition) is 4. The number of fused-ring (bicyclic) bond motifs is 3. The van der Waals surface area contributed by atoms with Crippen molar-refractivity contribution in [1.29, 1.82) is 0 Å². The van der Waals surface area contributed by atoms with Crippen LogP contribution in [0, 0.1) is 11.3 Å². The Morgan fingerprint density at radius 1 is 1.46 bits per heavy atom. The van der Waals surface area contributed by atoms with Gasteiger partial charge in [0, 0.05) is 34.2 Å². The van der Waals surface area contributed by atoms with E-state index in [1.54, 1.807) is 0 Å². The number of hydrogen-bond donors (Lipinski definition) is 1. The molecule has 0 saturated carbocycles. The van der Waals surface area contributed by atoms with Crippen molar-refractivity contribution in [3.63, 3.8) is 0 Å². The Morgan fingerprint density at radius 2 is 2.25 bits per heavy atom. The predicted octanol–water partition coefficient (Wildman–Crippen LogP) is 3.42. The fourth-order valence-electron chi connectivity index (χ4n) is 2.96. The van der Waals surface area contributed by atoms with Crippen LogP contribution in [-0.2, 0) is 6.42 Å². The largest absolute Gasteiger partial charge is 0.493 e. The van der Waals surface area contributed by atoms with Gasteiger partial charge in [-0.2, -0.15) is 0 Å². The topological polar surface area (TPSA) is 41.9 Å². The van der Waals surface area contributed by atoms with Crippen LogP contribution in [0.1, 0.15) is 72.5 Å². The Morgan fingerprint density at radius 3 is 2.96 bits per heavy atom. The summed E-state index contributed by atoms with van der Waals surface area (Å²) in [5.41, 5.74) is -3.34. The summed E-state index contributed by atoms with van der Waals surface area (Å²) < 4.78 is 142. The zero-order chi connectivity index (χ0) is 31.3. The van der Waals surface area contributed by atoms with Crippen molar-refractivity contribution in [3.05, 3.63) is 23.3 Å². The Balaban J connectivity index is 2.29. The molecular weight excluding hydrogens is 302 g/mol. The van der Waals surface area contributed by atoms with E-state index in [1.165, 1.54) is 6.07 Å². The molecule has 2 aliphatic heterocycles. The highest BCUT2D eigenvalue weighted by Crippen LogP contribution is 2.44. The van der Waals surface area contributed by atoms with Crippen LogP contribution in [-0.4, -0.2) is 43.3 Å². The van der Waals surface area contributed by atoms with Gasteiger partial charge in [-0.3, -0.25) is 4.90 Å². The minimum atomic E-state index is -3.89. The standard InChI is InChI=1S/C20H31NO3/c1-20(2,3)11-14-12-21-7-6-13-8-18(23-4)19(24-5)9-15(13)16(21)10-17(14)22/h8-9,14,16-17,22H,6-7,10-12H2,1-5H3/i1D3,2D3,4D3,10D2,11D2,14D,16D,17D. The molecule has 0 aromatic heterocycles. The maximum atomic E-state index is 11.4. The monoisotopic (exact) mass is 349 g/mol. The molecule has 0 spiro atoms. The second-order valence-electron chi connectivity index (χ2n) is 5.98. The van der Waals surface area contributed by atoms with Crippen LogP contribution >= 0.6 is 0 Å². The molecule has 1 aromatic rings. The van der Waals surface area contributed by atoms with Crippen molar-refractivity contribution in [2.75, 3.05) is 27.2 Å². The normalized spacial score (nSPS) is 50.6. The fourth-order valence-corrected chi connectivity index (χ4v) is 2.96. The summed E-state index contributed by atoms with van der Waals surface area (Å²) in [6, 6.07) is -0.390. The number of aliphatic hydroxyl groups is 1. The zero-order valence-electron chi connectivity index (χ0n) is 29.5. The van der Waals surface area contributed by atoms with E-state index >= 15 is 0 Å². The van der Waals surface area contributed by atoms with Crippen LogP contribution in [0.5, 0.6) is 11.5 Å². The van der Waals surface area contributed by atoms with Gasteiger partial charge in [-0.25, -0.2) is 0 Å². The van der Waals surface area contributed by atoms with Crippen molar-refractivity contribution in [2.45, 2.75) is 51.9 Å². The fraction of sp³-hybridized carbons (Fsp3) is 0.700. The molecule has 3 atom stereocenters. The number of piperidine rings is 1. The average molecular weight is 350 g/mol. The van der Waals surface area contributed by atoms with Crippen molar-refractivity contribution >= 4 is 0 Å². The first kappa shape index (κ1) is 6.48. The van der Waals surface area contributed by atoms with E-state index in [2.05, 4.69) is 0 Å². The molecule has 1 aromatic carbocycles. The van der Waals surface area contributed by atoms with Crippen LogP contribution < -0.4 is 9.47 Å². The molecule has 4 nitrogen and oxygen atoms in total. The Labute approximate surface area is 168 Å². The molecule has 2 heterocycles. The lowest BCUT2D eigenvalue weighted by Crippen LogP contribution is -2.48. The first-order valence-electron chi connectivity index (χ1n) is 15.5. The second-order valence-corrected chi connectivity index (χ2v) is 5.98. The van der Waals surface area contributed by atoms with Gasteiger partial charge in [0.15, 0.2) is 11.5 Å². The predicted molar refractivity (Wildman–Crippen MR) is 95.7 cm³/mol. The summed E-state index contributed by atoms with van der Waals surface area (Å²) in [5.74, 6) is -3.91. The summed E-state index contributed by atoms with van der Waals surface area (Å²) in [6.45, 7) is -7.99. The summed E-state index contributed by atoms with van der Waals surface area (Å²) in [6.07, 6.45) is -11.2. The van der Waals surface area contributed by atoms with Crippen LogP contribution in [0.2, 0.25) is 0 Å². The van der Waals surface area contributed by atoms with E-state index in [4.69, 9.17) is 30.0 Å². The second kappa shape index (κ2) is 6.57. The van der Waals surface area contributed by atoms with Gasteiger partial charge in [-0.15, -0.1) is 0 Å². The first-order valence-corrected chi connectivity index (χ1v) is 7.46. The smallest absolute Gasteiger partial charge is 0.161 e. The molecule has 0 amide bonds. The Bertz CT molecular complexity index is 1150. The van der Waals surface area contributed by atoms with Gasteiger partial charge in [0.1, 0.15) is 0 Å². The molecule has 2 aliphatic rings. The van der Waals surface area contributed by atoms with Gasteiger partial charge in [0.25, 0.3) is 0 Å². The molecule has 3 unspecified atom stereocenters. The SMILES string of the molecule is [2H]C([2H])([2H])Oc1cc2c(cc1OC)C1([2H])N(CC2)CC([2H])(C([2H])([2H])C(C)(C([2H])([2H])[2H])C([2H])([2H])[2H])C([2H])(O)C1([2H])[2H]. The first-order chi connectivity index (χ1) is 17.6. The van der Waals surface area contributed by atoms with E-state index in [0.717, 1.165) is 18.1 Å². The molecule has 4 heteroatoms. The summed E-state index contributed by atoms with van der Waals surface area (Å²) >= 11 is 0. The maximum Gasteiger partial charge on any atom is 0.161 e. The number of methoxy groups -OCH3 is 2. The highest BCUT2D eigenvalue weighted by Gasteiger charge is 2.39. The van der Waals surface area contributed by atoms with Gasteiger partial charge in [-0.1, -0.05) is 20.6 Å². The van der Waals surface area contributed by atoms with Crippen molar-refractivity contribution in [3.8, 4) is 11.5 Å². The van der Waals surface area contributed by atoms with Gasteiger partial charge < -0.3 is 14.6 Å². The molecule has 134 valence electrons. The average Bonchev–Trinajstić information content (AvgIpc) is 2.76. The molecule has 3 rings (SSSR count). The van der Waals surface area contributed by atoms with E-state index in [9.17, 15) is 6.48 Å². The lowest BCUT2D eigenvalue weighted by molar-refractivity contribution is -0.0259. The van der Waals surface area contributed by atoms with Crippen LogP contribution in [0.3, 0.4) is 0 Å². The van der Waals surface area contributed by atoms with E-state index in [-0.39, 0.29) is 35.6 Å². The number of rotatable bonds is 3. The lowest BCUT2D eigenvalue weighted by atomic mass is 9.75. The molecule has 0 bridgehead atoms. The lowest BCUT2D eigenvalue weighted by Gasteiger charge is -2.47. The third-order valence-corrected chi connectivity index (χ3v) is 3.99. The number of benzene rings is 1. The molecule has 1 fully saturated rings. The minimum absolute atomic E-state index is 0.0152. The van der Waals surface area contributed by atoms with Crippen molar-refractivity contribution in [1.82, 2.24) is 4.90 Å². The molecule has 1 N–H and O–H groups in total. The minimum Gasteiger partial charge on any atom is -0.493 e. The maximum absolute atomic E-state index is 11.4. The molecule has 0 radical (unpaired) electrons. The Kier molecular flexibility index (Phi) is 1.77. The van der Waals surface area contributed by atoms with E-state index in [1.807, 2.05) is 0 Å². The number of nitrogens with zero attached hydrogens (tertiary/aromatic N) is 1. The quantitative estimate of drug-likeness (QED) is 0.908. The highest BCUT2D eigenvalue weighted by atomic mass is 16.5. The van der Waals surface area contributed by atoms with Crippen molar-refractivity contribution < 1.29 is 36.5 Å². The molecule has 1 saturated heterocycles. The molecule has 24 heavy (non-hydrogen) atoms. The van der Waals surface area contributed by atoms with Gasteiger partial charge >= 0.3 is 0 Å². The zero-order valence-corrected chi connectivity index (χ0v) is 13.5. The van der Waals surface area contributed by atoms with E-state index < -0.39 is 63.4 Å². The van der Waals surface area contributed by atoms with Gasteiger partial charge in [0.05, 0.1) is 27.1 Å². The highest BCUT2D eigenvalue weighted by molar-refractivity contribution is 5.49. The van der Waals surface area contributed by atoms with Crippen LogP contribution in [0.15, 0.2) is 12.1 Å². The summed E-state index contributed by atoms with van der Waals surface area (Å²) in [7, 11) is -1.72. The molecular formula is C20H31NO3. The Hall–Kier alpha value is -1.26. The third-order valence-electron chi connectivity index (χ3n) is 3.99. The summed E-state index contributed by atoms with van der Waals surface area (Å²) in [4.78, 5) is 0.951. The number of ether oxygens (including phenoxy) is 2. The molecule has 0 aliphatic carbocycles. The van der Waals surface area contributed by atoms with Gasteiger partial charge in [-0.05, 0) is 53.7 Å². The summed E-state index contributed by atoms with van der Waals surface area (Å²) in [5, 5.41) is 11.4. The van der Waals surface area contributed by atoms with Crippen LogP contribution in [0.4, 0.5) is 0 Å².